The quantitative estimate of drug-likeness (QED) is 0.850. The molecule has 0 spiro atoms. The van der Waals surface area contributed by atoms with Crippen molar-refractivity contribution in [3.05, 3.63) is 53.9 Å². The maximum Gasteiger partial charge on any atom is 0.234 e. The average molecular weight is 326 g/mol. The van der Waals surface area contributed by atoms with E-state index in [0.29, 0.717) is 19.1 Å². The first-order valence-corrected chi connectivity index (χ1v) is 8.73. The fraction of sp³-hybridized carbons (Fsp3) is 0.474. The van der Waals surface area contributed by atoms with Crippen LogP contribution < -0.4 is 5.32 Å². The Labute approximate surface area is 143 Å². The molecule has 0 radical (unpaired) electrons. The lowest BCUT2D eigenvalue weighted by Crippen LogP contribution is -2.39. The number of nitrogens with zero attached hydrogens (tertiary/aromatic N) is 3. The Bertz CT molecular complexity index is 646. The predicted octanol–water partition coefficient (Wildman–Crippen LogP) is 2.42. The van der Waals surface area contributed by atoms with Crippen molar-refractivity contribution in [1.29, 1.82) is 0 Å². The van der Waals surface area contributed by atoms with Crippen LogP contribution in [0.4, 0.5) is 0 Å². The molecule has 1 aromatic carbocycles. The third-order valence-corrected chi connectivity index (χ3v) is 4.70. The zero-order chi connectivity index (χ0) is 16.8. The van der Waals surface area contributed by atoms with Gasteiger partial charge in [0.25, 0.3) is 0 Å². The van der Waals surface area contributed by atoms with Crippen LogP contribution in [0.25, 0.3) is 0 Å². The molecule has 1 saturated carbocycles. The zero-order valence-corrected chi connectivity index (χ0v) is 14.3. The SMILES string of the molecule is CN(CC(=O)NCc1cnn(Cc2ccccc2)c1)C1CCCC1. The van der Waals surface area contributed by atoms with Gasteiger partial charge < -0.3 is 5.32 Å². The van der Waals surface area contributed by atoms with Crippen LogP contribution in [0.1, 0.15) is 36.8 Å². The number of hydrogen-bond donors (Lipinski definition) is 1. The van der Waals surface area contributed by atoms with Gasteiger partial charge in [-0.15, -0.1) is 0 Å². The van der Waals surface area contributed by atoms with Crippen molar-refractivity contribution in [2.75, 3.05) is 13.6 Å². The van der Waals surface area contributed by atoms with Crippen LogP contribution >= 0.6 is 0 Å². The van der Waals surface area contributed by atoms with Gasteiger partial charge in [-0.05, 0) is 25.5 Å². The predicted molar refractivity (Wildman–Crippen MR) is 94.5 cm³/mol. The normalized spacial score (nSPS) is 15.1. The lowest BCUT2D eigenvalue weighted by molar-refractivity contribution is -0.122. The molecule has 24 heavy (non-hydrogen) atoms. The second-order valence-corrected chi connectivity index (χ2v) is 6.66. The highest BCUT2D eigenvalue weighted by atomic mass is 16.2. The number of nitrogens with one attached hydrogen (secondary N) is 1. The Balaban J connectivity index is 1.44. The van der Waals surface area contributed by atoms with Crippen LogP contribution in [0, 0.1) is 0 Å². The minimum atomic E-state index is 0.0835. The van der Waals surface area contributed by atoms with Gasteiger partial charge >= 0.3 is 0 Å². The number of carbonyl (C=O) groups excluding carboxylic acids is 1. The van der Waals surface area contributed by atoms with E-state index in [0.717, 1.165) is 12.1 Å². The minimum Gasteiger partial charge on any atom is -0.351 e. The first-order chi connectivity index (χ1) is 11.7. The van der Waals surface area contributed by atoms with Crippen LogP contribution in [0.2, 0.25) is 0 Å². The molecule has 5 nitrogen and oxygen atoms in total. The molecule has 0 aliphatic heterocycles. The van der Waals surface area contributed by atoms with Crippen molar-refractivity contribution < 1.29 is 4.79 Å². The van der Waals surface area contributed by atoms with E-state index >= 15 is 0 Å². The lowest BCUT2D eigenvalue weighted by Gasteiger charge is -2.23. The molecule has 0 saturated heterocycles. The van der Waals surface area contributed by atoms with Crippen LogP contribution in [0.15, 0.2) is 42.7 Å². The number of hydrogen-bond acceptors (Lipinski definition) is 3. The fourth-order valence-electron chi connectivity index (χ4n) is 3.31. The molecular weight excluding hydrogens is 300 g/mol. The van der Waals surface area contributed by atoms with Crippen LogP contribution in [-0.4, -0.2) is 40.2 Å². The minimum absolute atomic E-state index is 0.0835. The maximum absolute atomic E-state index is 12.1. The van der Waals surface area contributed by atoms with Crippen molar-refractivity contribution >= 4 is 5.91 Å². The summed E-state index contributed by atoms with van der Waals surface area (Å²) in [6.45, 7) is 1.76. The molecule has 0 atom stereocenters. The molecule has 0 unspecified atom stereocenters. The van der Waals surface area contributed by atoms with Gasteiger partial charge in [-0.2, -0.15) is 5.10 Å². The van der Waals surface area contributed by atoms with Gasteiger partial charge in [0.2, 0.25) is 5.91 Å². The van der Waals surface area contributed by atoms with Gasteiger partial charge in [0.05, 0.1) is 19.3 Å². The standard InChI is InChI=1S/C19H26N4O/c1-22(18-9-5-6-10-18)15-19(24)20-11-17-12-21-23(14-17)13-16-7-3-2-4-8-16/h2-4,7-8,12,14,18H,5-6,9-11,13,15H2,1H3,(H,20,24). The summed E-state index contributed by atoms with van der Waals surface area (Å²) in [4.78, 5) is 14.3. The molecule has 1 fully saturated rings. The molecular formula is C19H26N4O. The Morgan fingerprint density at radius 1 is 1.25 bits per heavy atom. The monoisotopic (exact) mass is 326 g/mol. The Hall–Kier alpha value is -2.14. The number of amides is 1. The van der Waals surface area contributed by atoms with Crippen molar-refractivity contribution in [2.45, 2.75) is 44.8 Å². The summed E-state index contributed by atoms with van der Waals surface area (Å²) in [7, 11) is 2.05. The molecule has 1 heterocycles. The summed E-state index contributed by atoms with van der Waals surface area (Å²) in [5.41, 5.74) is 2.25. The highest BCUT2D eigenvalue weighted by molar-refractivity contribution is 5.78. The molecule has 1 N–H and O–H groups in total. The van der Waals surface area contributed by atoms with Crippen LogP contribution in [0.3, 0.4) is 0 Å². The van der Waals surface area contributed by atoms with E-state index in [1.54, 1.807) is 0 Å². The van der Waals surface area contributed by atoms with Crippen molar-refractivity contribution in [3.63, 3.8) is 0 Å². The third-order valence-electron chi connectivity index (χ3n) is 4.70. The first-order valence-electron chi connectivity index (χ1n) is 8.73. The second kappa shape index (κ2) is 8.11. The number of rotatable bonds is 7. The first kappa shape index (κ1) is 16.7. The van der Waals surface area contributed by atoms with Gasteiger partial charge in [0.1, 0.15) is 0 Å². The molecule has 5 heteroatoms. The number of likely N-dealkylation sites (N-methyl/N-ethyl adjacent to an activating group) is 1. The fourth-order valence-corrected chi connectivity index (χ4v) is 3.31. The third kappa shape index (κ3) is 4.68. The van der Waals surface area contributed by atoms with E-state index in [-0.39, 0.29) is 5.91 Å². The zero-order valence-electron chi connectivity index (χ0n) is 14.3. The summed E-state index contributed by atoms with van der Waals surface area (Å²) in [6, 6.07) is 10.8. The number of aromatic nitrogens is 2. The molecule has 3 rings (SSSR count). The summed E-state index contributed by atoms with van der Waals surface area (Å²) < 4.78 is 1.90. The van der Waals surface area contributed by atoms with E-state index < -0.39 is 0 Å². The highest BCUT2D eigenvalue weighted by Gasteiger charge is 2.20. The Morgan fingerprint density at radius 3 is 2.75 bits per heavy atom. The molecule has 0 bridgehead atoms. The summed E-state index contributed by atoms with van der Waals surface area (Å²) in [6.07, 6.45) is 8.83. The average Bonchev–Trinajstić information content (AvgIpc) is 3.26. The summed E-state index contributed by atoms with van der Waals surface area (Å²) >= 11 is 0. The number of carbonyl (C=O) groups is 1. The largest absolute Gasteiger partial charge is 0.351 e. The van der Waals surface area contributed by atoms with E-state index in [4.69, 9.17) is 0 Å². The maximum atomic E-state index is 12.1. The summed E-state index contributed by atoms with van der Waals surface area (Å²) in [5.74, 6) is 0.0835. The lowest BCUT2D eigenvalue weighted by atomic mass is 10.2. The van der Waals surface area contributed by atoms with Gasteiger partial charge in [-0.25, -0.2) is 0 Å². The van der Waals surface area contributed by atoms with Crippen molar-refractivity contribution in [1.82, 2.24) is 20.0 Å². The van der Waals surface area contributed by atoms with E-state index in [1.807, 2.05) is 42.3 Å². The molecule has 1 amide bonds. The molecule has 2 aromatic rings. The van der Waals surface area contributed by atoms with Crippen LogP contribution in [0.5, 0.6) is 0 Å². The second-order valence-electron chi connectivity index (χ2n) is 6.66. The smallest absolute Gasteiger partial charge is 0.234 e. The molecule has 1 aliphatic carbocycles. The topological polar surface area (TPSA) is 50.2 Å². The van der Waals surface area contributed by atoms with Gasteiger partial charge in [-0.1, -0.05) is 43.2 Å². The van der Waals surface area contributed by atoms with Gasteiger partial charge in [0, 0.05) is 24.3 Å². The number of benzene rings is 1. The van der Waals surface area contributed by atoms with E-state index in [2.05, 4.69) is 27.4 Å². The van der Waals surface area contributed by atoms with Gasteiger partial charge in [0.15, 0.2) is 0 Å². The Kier molecular flexibility index (Phi) is 5.64. The van der Waals surface area contributed by atoms with E-state index in [1.165, 1.54) is 31.2 Å². The van der Waals surface area contributed by atoms with Gasteiger partial charge in [-0.3, -0.25) is 14.4 Å². The molecule has 1 aliphatic rings. The molecule has 1 aromatic heterocycles. The summed E-state index contributed by atoms with van der Waals surface area (Å²) in [5, 5.41) is 7.36. The van der Waals surface area contributed by atoms with Crippen molar-refractivity contribution in [2.24, 2.45) is 0 Å². The van der Waals surface area contributed by atoms with E-state index in [9.17, 15) is 4.79 Å². The van der Waals surface area contributed by atoms with Crippen molar-refractivity contribution in [3.8, 4) is 0 Å². The highest BCUT2D eigenvalue weighted by Crippen LogP contribution is 2.21. The van der Waals surface area contributed by atoms with Crippen LogP contribution in [-0.2, 0) is 17.9 Å². The molecule has 128 valence electrons. The Morgan fingerprint density at radius 2 is 2.00 bits per heavy atom.